The molecular formula is C27H28N2O3. The van der Waals surface area contributed by atoms with Crippen molar-refractivity contribution in [2.45, 2.75) is 38.1 Å². The van der Waals surface area contributed by atoms with Crippen molar-refractivity contribution in [2.24, 2.45) is 11.8 Å². The summed E-state index contributed by atoms with van der Waals surface area (Å²) < 4.78 is 5.50. The van der Waals surface area contributed by atoms with Crippen LogP contribution in [0.5, 0.6) is 5.75 Å². The molecule has 0 aromatic heterocycles. The lowest BCUT2D eigenvalue weighted by molar-refractivity contribution is 0.0808. The first-order valence-electron chi connectivity index (χ1n) is 11.4. The minimum atomic E-state index is -0.249. The van der Waals surface area contributed by atoms with Gasteiger partial charge >= 0.3 is 0 Å². The number of ether oxygens (including phenoxy) is 1. The minimum Gasteiger partial charge on any atom is -0.496 e. The van der Waals surface area contributed by atoms with E-state index in [4.69, 9.17) is 4.74 Å². The molecule has 6 rings (SSSR count). The number of amides is 2. The highest BCUT2D eigenvalue weighted by molar-refractivity contribution is 6.15. The number of carbonyl (C=O) groups excluding carboxylic acids is 2. The van der Waals surface area contributed by atoms with Gasteiger partial charge in [-0.15, -0.1) is 0 Å². The molecule has 2 N–H and O–H groups in total. The molecule has 5 heteroatoms. The molecular weight excluding hydrogens is 400 g/mol. The number of rotatable bonds is 5. The number of benzene rings is 3. The molecule has 3 aromatic rings. The number of hydrogen-bond donors (Lipinski definition) is 2. The van der Waals surface area contributed by atoms with E-state index in [1.165, 1.54) is 25.7 Å². The average molecular weight is 429 g/mol. The monoisotopic (exact) mass is 428 g/mol. The van der Waals surface area contributed by atoms with Crippen molar-refractivity contribution in [2.75, 3.05) is 12.4 Å². The fraction of sp³-hybridized carbons (Fsp3) is 0.333. The van der Waals surface area contributed by atoms with Crippen LogP contribution in [0.1, 0.15) is 52.8 Å². The maximum Gasteiger partial charge on any atom is 0.257 e. The van der Waals surface area contributed by atoms with E-state index in [9.17, 15) is 9.59 Å². The predicted molar refractivity (Wildman–Crippen MR) is 126 cm³/mol. The van der Waals surface area contributed by atoms with E-state index in [1.807, 2.05) is 36.4 Å². The van der Waals surface area contributed by atoms with Crippen LogP contribution >= 0.6 is 0 Å². The van der Waals surface area contributed by atoms with E-state index < -0.39 is 0 Å². The molecule has 0 radical (unpaired) electrons. The molecule has 3 aromatic carbocycles. The summed E-state index contributed by atoms with van der Waals surface area (Å²) in [6.07, 6.45) is 5.97. The van der Waals surface area contributed by atoms with Gasteiger partial charge in [-0.2, -0.15) is 0 Å². The third-order valence-corrected chi connectivity index (χ3v) is 7.12. The second-order valence-electron chi connectivity index (χ2n) is 8.96. The SMILES string of the molecule is COc1cccc(NC(=O)c2cccc3ccccc23)c1C(=O)NC1CC2CCC1CC2. The van der Waals surface area contributed by atoms with Crippen LogP contribution in [-0.2, 0) is 0 Å². The van der Waals surface area contributed by atoms with E-state index >= 15 is 0 Å². The number of nitrogens with one attached hydrogen (secondary N) is 2. The van der Waals surface area contributed by atoms with E-state index in [0.717, 1.165) is 17.2 Å². The third kappa shape index (κ3) is 3.83. The van der Waals surface area contributed by atoms with Gasteiger partial charge < -0.3 is 15.4 Å². The summed E-state index contributed by atoms with van der Waals surface area (Å²) in [7, 11) is 1.55. The van der Waals surface area contributed by atoms with Crippen molar-refractivity contribution in [3.8, 4) is 5.75 Å². The van der Waals surface area contributed by atoms with E-state index in [1.54, 1.807) is 31.4 Å². The van der Waals surface area contributed by atoms with Crippen molar-refractivity contribution in [1.82, 2.24) is 5.32 Å². The molecule has 0 spiro atoms. The molecule has 2 bridgehead atoms. The lowest BCUT2D eigenvalue weighted by Crippen LogP contribution is -2.47. The van der Waals surface area contributed by atoms with Crippen LogP contribution in [-0.4, -0.2) is 25.0 Å². The zero-order valence-corrected chi connectivity index (χ0v) is 18.3. The second-order valence-corrected chi connectivity index (χ2v) is 8.96. The molecule has 164 valence electrons. The van der Waals surface area contributed by atoms with Gasteiger partial charge in [0.25, 0.3) is 11.8 Å². The molecule has 32 heavy (non-hydrogen) atoms. The Morgan fingerprint density at radius 2 is 1.62 bits per heavy atom. The standard InChI is InChI=1S/C27H28N2O3/c1-32-24-11-5-10-22(25(24)27(31)29-23-16-17-12-14-19(23)15-13-17)28-26(30)21-9-4-7-18-6-2-3-8-20(18)21/h2-11,17,19,23H,12-16H2,1H3,(H,28,30)(H,29,31). The summed E-state index contributed by atoms with van der Waals surface area (Å²) in [5.41, 5.74) is 1.41. The number of anilines is 1. The van der Waals surface area contributed by atoms with Crippen molar-refractivity contribution in [3.63, 3.8) is 0 Å². The van der Waals surface area contributed by atoms with Crippen LogP contribution in [0.3, 0.4) is 0 Å². The van der Waals surface area contributed by atoms with Gasteiger partial charge in [0.1, 0.15) is 11.3 Å². The molecule has 3 fully saturated rings. The minimum absolute atomic E-state index is 0.187. The van der Waals surface area contributed by atoms with Gasteiger partial charge in [0.2, 0.25) is 0 Å². The first-order chi connectivity index (χ1) is 15.6. The molecule has 3 aliphatic carbocycles. The Morgan fingerprint density at radius 3 is 2.38 bits per heavy atom. The maximum absolute atomic E-state index is 13.4. The Bertz CT molecular complexity index is 1160. The molecule has 3 aliphatic rings. The van der Waals surface area contributed by atoms with Crippen LogP contribution in [0.25, 0.3) is 10.8 Å². The Hall–Kier alpha value is -3.34. The van der Waals surface area contributed by atoms with Crippen LogP contribution in [0.15, 0.2) is 60.7 Å². The first kappa shape index (κ1) is 20.6. The lowest BCUT2D eigenvalue weighted by atomic mass is 9.68. The van der Waals surface area contributed by atoms with Gasteiger partial charge in [-0.25, -0.2) is 0 Å². The topological polar surface area (TPSA) is 67.4 Å². The Balaban J connectivity index is 1.43. The van der Waals surface area contributed by atoms with E-state index in [2.05, 4.69) is 10.6 Å². The zero-order chi connectivity index (χ0) is 22.1. The van der Waals surface area contributed by atoms with Crippen molar-refractivity contribution in [3.05, 3.63) is 71.8 Å². The molecule has 0 heterocycles. The van der Waals surface area contributed by atoms with Gasteiger partial charge in [0.15, 0.2) is 0 Å². The Kier molecular flexibility index (Phi) is 5.56. The second kappa shape index (κ2) is 8.65. The smallest absolute Gasteiger partial charge is 0.257 e. The average Bonchev–Trinajstić information content (AvgIpc) is 2.84. The van der Waals surface area contributed by atoms with Crippen LogP contribution in [0.2, 0.25) is 0 Å². The third-order valence-electron chi connectivity index (χ3n) is 7.12. The Labute approximate surface area is 188 Å². The fourth-order valence-electron chi connectivity index (χ4n) is 5.45. The highest BCUT2D eigenvalue weighted by Crippen LogP contribution is 2.41. The van der Waals surface area contributed by atoms with E-state index in [-0.39, 0.29) is 17.9 Å². The number of methoxy groups -OCH3 is 1. The summed E-state index contributed by atoms with van der Waals surface area (Å²) >= 11 is 0. The number of fused-ring (bicyclic) bond motifs is 4. The first-order valence-corrected chi connectivity index (χ1v) is 11.4. The summed E-state index contributed by atoms with van der Waals surface area (Å²) in [4.78, 5) is 26.6. The van der Waals surface area contributed by atoms with Gasteiger partial charge in [0.05, 0.1) is 12.8 Å². The van der Waals surface area contributed by atoms with Crippen molar-refractivity contribution in [1.29, 1.82) is 0 Å². The molecule has 5 nitrogen and oxygen atoms in total. The Morgan fingerprint density at radius 1 is 0.875 bits per heavy atom. The molecule has 0 aliphatic heterocycles. The van der Waals surface area contributed by atoms with Crippen LogP contribution < -0.4 is 15.4 Å². The summed E-state index contributed by atoms with van der Waals surface area (Å²) in [5, 5.41) is 8.09. The van der Waals surface area contributed by atoms with Crippen LogP contribution in [0, 0.1) is 11.8 Å². The van der Waals surface area contributed by atoms with E-state index in [0.29, 0.717) is 34.4 Å². The van der Waals surface area contributed by atoms with Crippen LogP contribution in [0.4, 0.5) is 5.69 Å². The summed E-state index contributed by atoms with van der Waals surface area (Å²) in [5.74, 6) is 1.29. The maximum atomic E-state index is 13.4. The zero-order valence-electron chi connectivity index (χ0n) is 18.3. The van der Waals surface area contributed by atoms with Crippen molar-refractivity contribution < 1.29 is 14.3 Å². The van der Waals surface area contributed by atoms with Gasteiger partial charge in [0, 0.05) is 11.6 Å². The molecule has 0 saturated heterocycles. The van der Waals surface area contributed by atoms with Gasteiger partial charge in [-0.1, -0.05) is 55.3 Å². The molecule has 1 atom stereocenters. The predicted octanol–water partition coefficient (Wildman–Crippen LogP) is 5.41. The summed E-state index contributed by atoms with van der Waals surface area (Å²) in [6.45, 7) is 0. The molecule has 2 amide bonds. The van der Waals surface area contributed by atoms with Crippen molar-refractivity contribution >= 4 is 28.3 Å². The highest BCUT2D eigenvalue weighted by Gasteiger charge is 2.37. The highest BCUT2D eigenvalue weighted by atomic mass is 16.5. The van der Waals surface area contributed by atoms with Gasteiger partial charge in [-0.05, 0) is 60.1 Å². The fourth-order valence-corrected chi connectivity index (χ4v) is 5.45. The summed E-state index contributed by atoms with van der Waals surface area (Å²) in [6, 6.07) is 18.9. The molecule has 1 unspecified atom stereocenters. The number of carbonyl (C=O) groups is 2. The number of hydrogen-bond acceptors (Lipinski definition) is 3. The molecule has 3 saturated carbocycles. The largest absolute Gasteiger partial charge is 0.496 e. The quantitative estimate of drug-likeness (QED) is 0.571. The lowest BCUT2D eigenvalue weighted by Gasteiger charge is -2.42. The van der Waals surface area contributed by atoms with Gasteiger partial charge in [-0.3, -0.25) is 9.59 Å². The normalized spacial score (nSPS) is 21.8.